The van der Waals surface area contributed by atoms with Crippen molar-refractivity contribution in [1.82, 2.24) is 15.1 Å². The third-order valence-corrected chi connectivity index (χ3v) is 4.31. The van der Waals surface area contributed by atoms with E-state index >= 15 is 0 Å². The highest BCUT2D eigenvalue weighted by Crippen LogP contribution is 2.15. The number of rotatable bonds is 4. The van der Waals surface area contributed by atoms with Crippen LogP contribution in [0.3, 0.4) is 0 Å². The van der Waals surface area contributed by atoms with Gasteiger partial charge in [-0.05, 0) is 45.5 Å². The number of nitrogen functional groups attached to an aromatic ring is 1. The second kappa shape index (κ2) is 8.56. The molecule has 2 amide bonds. The average Bonchev–Trinajstić information content (AvgIpc) is 2.56. The molecule has 3 N–H and O–H groups in total. The largest absolute Gasteiger partial charge is 0.444 e. The molecule has 1 aromatic rings. The van der Waals surface area contributed by atoms with Gasteiger partial charge in [0.25, 0.3) is 0 Å². The number of alkyl carbamates (subject to hydrolysis) is 1. The standard InChI is InChI=1S/C19H29FN4O3/c1-19(2,3)27-18(26)22-16(12-13-5-6-15(21)14(20)11-13)17(25)24-9-7-23(4)8-10-24/h5-6,11,16H,7-10,12,21H2,1-4H3,(H,22,26)/t16-/m1/s1. The van der Waals surface area contributed by atoms with Crippen molar-refractivity contribution in [3.8, 4) is 0 Å². The molecule has 1 heterocycles. The number of nitrogens with one attached hydrogen (secondary N) is 1. The summed E-state index contributed by atoms with van der Waals surface area (Å²) in [6, 6.07) is 3.55. The lowest BCUT2D eigenvalue weighted by atomic mass is 10.0. The number of carbonyl (C=O) groups excluding carboxylic acids is 2. The van der Waals surface area contributed by atoms with Gasteiger partial charge < -0.3 is 25.6 Å². The highest BCUT2D eigenvalue weighted by atomic mass is 19.1. The van der Waals surface area contributed by atoms with E-state index in [1.807, 2.05) is 7.05 Å². The topological polar surface area (TPSA) is 87.9 Å². The second-order valence-electron chi connectivity index (χ2n) is 7.89. The van der Waals surface area contributed by atoms with Crippen LogP contribution >= 0.6 is 0 Å². The molecule has 1 atom stereocenters. The number of halogens is 1. The van der Waals surface area contributed by atoms with Crippen LogP contribution in [0.25, 0.3) is 0 Å². The number of hydrogen-bond donors (Lipinski definition) is 2. The molecule has 1 fully saturated rings. The van der Waals surface area contributed by atoms with Crippen LogP contribution in [0.4, 0.5) is 14.9 Å². The number of anilines is 1. The molecule has 8 heteroatoms. The molecule has 0 unspecified atom stereocenters. The maximum atomic E-state index is 13.8. The fraction of sp³-hybridized carbons (Fsp3) is 0.579. The Kier molecular flexibility index (Phi) is 6.64. The Morgan fingerprint density at radius 1 is 1.26 bits per heavy atom. The first-order valence-corrected chi connectivity index (χ1v) is 9.06. The predicted octanol–water partition coefficient (Wildman–Crippen LogP) is 1.62. The number of ether oxygens (including phenoxy) is 1. The summed E-state index contributed by atoms with van der Waals surface area (Å²) in [6.45, 7) is 7.94. The van der Waals surface area contributed by atoms with Gasteiger partial charge in [0.1, 0.15) is 17.5 Å². The minimum Gasteiger partial charge on any atom is -0.444 e. The Morgan fingerprint density at radius 3 is 2.44 bits per heavy atom. The van der Waals surface area contributed by atoms with Crippen LogP contribution in [0.5, 0.6) is 0 Å². The SMILES string of the molecule is CN1CCN(C(=O)[C@@H](Cc2ccc(N)c(F)c2)NC(=O)OC(C)(C)C)CC1. The van der Waals surface area contributed by atoms with E-state index in [1.54, 1.807) is 31.7 Å². The number of nitrogens with zero attached hydrogens (tertiary/aromatic N) is 2. The molecular weight excluding hydrogens is 351 g/mol. The zero-order valence-corrected chi connectivity index (χ0v) is 16.4. The van der Waals surface area contributed by atoms with Crippen molar-refractivity contribution >= 4 is 17.7 Å². The molecule has 1 saturated heterocycles. The van der Waals surface area contributed by atoms with Crippen LogP contribution < -0.4 is 11.1 Å². The summed E-state index contributed by atoms with van der Waals surface area (Å²) in [6.07, 6.45) is -0.521. The van der Waals surface area contributed by atoms with Gasteiger partial charge in [-0.25, -0.2) is 9.18 Å². The van der Waals surface area contributed by atoms with Gasteiger partial charge in [-0.3, -0.25) is 4.79 Å². The number of hydrogen-bond acceptors (Lipinski definition) is 5. The monoisotopic (exact) mass is 380 g/mol. The van der Waals surface area contributed by atoms with E-state index in [-0.39, 0.29) is 18.0 Å². The Balaban J connectivity index is 2.15. The third-order valence-electron chi connectivity index (χ3n) is 4.31. The Labute approximate surface area is 159 Å². The number of benzene rings is 1. The predicted molar refractivity (Wildman–Crippen MR) is 102 cm³/mol. The highest BCUT2D eigenvalue weighted by Gasteiger charge is 2.30. The summed E-state index contributed by atoms with van der Waals surface area (Å²) >= 11 is 0. The minimum absolute atomic E-state index is 0.0424. The molecule has 1 aliphatic heterocycles. The van der Waals surface area contributed by atoms with Gasteiger partial charge in [0.05, 0.1) is 5.69 Å². The van der Waals surface area contributed by atoms with Gasteiger partial charge >= 0.3 is 6.09 Å². The molecule has 2 rings (SSSR count). The van der Waals surface area contributed by atoms with Gasteiger partial charge in [0.2, 0.25) is 5.91 Å². The maximum absolute atomic E-state index is 13.8. The Hall–Kier alpha value is -2.35. The zero-order valence-electron chi connectivity index (χ0n) is 16.4. The first kappa shape index (κ1) is 21.0. The molecule has 0 saturated carbocycles. The summed E-state index contributed by atoms with van der Waals surface area (Å²) in [5, 5.41) is 2.64. The van der Waals surface area contributed by atoms with E-state index in [0.29, 0.717) is 18.7 Å². The number of likely N-dealkylation sites (N-methyl/N-ethyl adjacent to an activating group) is 1. The van der Waals surface area contributed by atoms with Crippen molar-refractivity contribution in [2.45, 2.75) is 38.8 Å². The van der Waals surface area contributed by atoms with Gasteiger partial charge in [-0.15, -0.1) is 0 Å². The molecule has 1 aliphatic rings. The lowest BCUT2D eigenvalue weighted by Gasteiger charge is -2.35. The van der Waals surface area contributed by atoms with Crippen molar-refractivity contribution in [2.24, 2.45) is 0 Å². The number of amides is 2. The second-order valence-corrected chi connectivity index (χ2v) is 7.89. The Morgan fingerprint density at radius 2 is 1.89 bits per heavy atom. The third kappa shape index (κ3) is 6.39. The van der Waals surface area contributed by atoms with E-state index in [9.17, 15) is 14.0 Å². The fourth-order valence-corrected chi connectivity index (χ4v) is 2.83. The van der Waals surface area contributed by atoms with Crippen molar-refractivity contribution in [1.29, 1.82) is 0 Å². The summed E-state index contributed by atoms with van der Waals surface area (Å²) < 4.78 is 19.1. The first-order valence-electron chi connectivity index (χ1n) is 9.06. The fourth-order valence-electron chi connectivity index (χ4n) is 2.83. The summed E-state index contributed by atoms with van der Waals surface area (Å²) in [5.41, 5.74) is 5.45. The number of carbonyl (C=O) groups is 2. The van der Waals surface area contributed by atoms with E-state index in [0.717, 1.165) is 13.1 Å². The lowest BCUT2D eigenvalue weighted by Crippen LogP contribution is -2.55. The molecule has 27 heavy (non-hydrogen) atoms. The number of nitrogens with two attached hydrogens (primary N) is 1. The van der Waals surface area contributed by atoms with Crippen LogP contribution in [0.1, 0.15) is 26.3 Å². The van der Waals surface area contributed by atoms with E-state index in [1.165, 1.54) is 12.1 Å². The van der Waals surface area contributed by atoms with Crippen molar-refractivity contribution in [3.63, 3.8) is 0 Å². The molecule has 1 aromatic carbocycles. The molecule has 150 valence electrons. The Bertz CT molecular complexity index is 682. The first-order chi connectivity index (χ1) is 12.5. The smallest absolute Gasteiger partial charge is 0.408 e. The van der Waals surface area contributed by atoms with Crippen molar-refractivity contribution in [3.05, 3.63) is 29.6 Å². The van der Waals surface area contributed by atoms with Gasteiger partial charge in [-0.2, -0.15) is 0 Å². The van der Waals surface area contributed by atoms with Crippen LogP contribution in [0.15, 0.2) is 18.2 Å². The van der Waals surface area contributed by atoms with Crippen molar-refractivity contribution < 1.29 is 18.7 Å². The molecule has 0 aromatic heterocycles. The summed E-state index contributed by atoms with van der Waals surface area (Å²) in [5.74, 6) is -0.748. The quantitative estimate of drug-likeness (QED) is 0.775. The molecular formula is C19H29FN4O3. The maximum Gasteiger partial charge on any atom is 0.408 e. The molecule has 0 aliphatic carbocycles. The van der Waals surface area contributed by atoms with Crippen LogP contribution in [-0.4, -0.2) is 66.7 Å². The van der Waals surface area contributed by atoms with Crippen LogP contribution in [-0.2, 0) is 16.0 Å². The molecule has 0 radical (unpaired) electrons. The van der Waals surface area contributed by atoms with Crippen LogP contribution in [0.2, 0.25) is 0 Å². The van der Waals surface area contributed by atoms with E-state index in [4.69, 9.17) is 10.5 Å². The molecule has 0 bridgehead atoms. The molecule has 7 nitrogen and oxygen atoms in total. The van der Waals surface area contributed by atoms with Gasteiger partial charge in [0.15, 0.2) is 0 Å². The van der Waals surface area contributed by atoms with Crippen LogP contribution in [0, 0.1) is 5.82 Å². The van der Waals surface area contributed by atoms with E-state index < -0.39 is 23.6 Å². The van der Waals surface area contributed by atoms with E-state index in [2.05, 4.69) is 10.2 Å². The highest BCUT2D eigenvalue weighted by molar-refractivity contribution is 5.86. The van der Waals surface area contributed by atoms with Gasteiger partial charge in [-0.1, -0.05) is 6.07 Å². The van der Waals surface area contributed by atoms with Gasteiger partial charge in [0, 0.05) is 32.6 Å². The van der Waals surface area contributed by atoms with Crippen molar-refractivity contribution in [2.75, 3.05) is 39.0 Å². The number of piperazine rings is 1. The molecule has 0 spiro atoms. The average molecular weight is 380 g/mol. The lowest BCUT2D eigenvalue weighted by molar-refractivity contribution is -0.135. The minimum atomic E-state index is -0.841. The normalized spacial score (nSPS) is 16.7. The zero-order chi connectivity index (χ0) is 20.2. The summed E-state index contributed by atoms with van der Waals surface area (Å²) in [7, 11) is 2.00. The summed E-state index contributed by atoms with van der Waals surface area (Å²) in [4.78, 5) is 29.0.